The Labute approximate surface area is 192 Å². The van der Waals surface area contributed by atoms with Gasteiger partial charge in [0.15, 0.2) is 0 Å². The molecule has 5 rings (SSSR count). The van der Waals surface area contributed by atoms with Crippen molar-refractivity contribution in [3.05, 3.63) is 74.8 Å². The molecule has 2 aromatic heterocycles. The lowest BCUT2D eigenvalue weighted by molar-refractivity contribution is 0.148. The standard InChI is InChI=1S/C25H27ClN4O2/c26-19-9-7-18(8-10-19)24-28-22-12-13-30(16-21(22)25(31)29-24)15-17-6-11-23(27-14-17)32-20-4-2-1-3-5-20/h6-11,14,20H,1-5,12-13,15-16H2,(H,28,29,31). The van der Waals surface area contributed by atoms with Crippen molar-refractivity contribution >= 4 is 11.6 Å². The molecular weight excluding hydrogens is 424 g/mol. The summed E-state index contributed by atoms with van der Waals surface area (Å²) in [6.45, 7) is 2.18. The van der Waals surface area contributed by atoms with Crippen LogP contribution in [-0.4, -0.2) is 32.5 Å². The van der Waals surface area contributed by atoms with Crippen LogP contribution in [0.4, 0.5) is 0 Å². The summed E-state index contributed by atoms with van der Waals surface area (Å²) in [5, 5.41) is 0.660. The zero-order chi connectivity index (χ0) is 21.9. The monoisotopic (exact) mass is 450 g/mol. The summed E-state index contributed by atoms with van der Waals surface area (Å²) in [7, 11) is 0. The van der Waals surface area contributed by atoms with Gasteiger partial charge in [-0.2, -0.15) is 0 Å². The molecule has 1 aliphatic heterocycles. The molecule has 1 aromatic carbocycles. The number of ether oxygens (including phenoxy) is 1. The second-order valence-corrected chi connectivity index (χ2v) is 9.13. The van der Waals surface area contributed by atoms with E-state index >= 15 is 0 Å². The zero-order valence-electron chi connectivity index (χ0n) is 18.0. The van der Waals surface area contributed by atoms with E-state index in [1.807, 2.05) is 24.4 Å². The van der Waals surface area contributed by atoms with Gasteiger partial charge in [-0.05, 0) is 55.5 Å². The Hall–Kier alpha value is -2.70. The quantitative estimate of drug-likeness (QED) is 0.607. The van der Waals surface area contributed by atoms with Gasteiger partial charge in [0.1, 0.15) is 11.9 Å². The van der Waals surface area contributed by atoms with Crippen molar-refractivity contribution in [2.45, 2.75) is 57.7 Å². The molecule has 1 N–H and O–H groups in total. The van der Waals surface area contributed by atoms with Crippen molar-refractivity contribution in [3.63, 3.8) is 0 Å². The number of hydrogen-bond acceptors (Lipinski definition) is 5. The first-order valence-corrected chi connectivity index (χ1v) is 11.7. The molecule has 1 saturated carbocycles. The highest BCUT2D eigenvalue weighted by molar-refractivity contribution is 6.30. The van der Waals surface area contributed by atoms with Crippen LogP contribution in [0.25, 0.3) is 11.4 Å². The molecule has 1 fully saturated rings. The molecule has 3 aromatic rings. The third kappa shape index (κ3) is 4.87. The number of pyridine rings is 1. The first-order chi connectivity index (χ1) is 15.6. The van der Waals surface area contributed by atoms with E-state index < -0.39 is 0 Å². The van der Waals surface area contributed by atoms with Crippen LogP contribution < -0.4 is 10.3 Å². The van der Waals surface area contributed by atoms with Crippen LogP contribution >= 0.6 is 11.6 Å². The minimum absolute atomic E-state index is 0.0704. The lowest BCUT2D eigenvalue weighted by atomic mass is 9.98. The molecule has 3 heterocycles. The fraction of sp³-hybridized carbons (Fsp3) is 0.400. The molecule has 0 amide bonds. The summed E-state index contributed by atoms with van der Waals surface area (Å²) in [6.07, 6.45) is 8.99. The Morgan fingerprint density at radius 2 is 1.91 bits per heavy atom. The van der Waals surface area contributed by atoms with E-state index in [0.29, 0.717) is 29.4 Å². The number of rotatable bonds is 5. The molecule has 0 bridgehead atoms. The van der Waals surface area contributed by atoms with Crippen molar-refractivity contribution in [3.8, 4) is 17.3 Å². The number of halogens is 1. The molecule has 0 spiro atoms. The number of nitrogens with one attached hydrogen (secondary N) is 1. The van der Waals surface area contributed by atoms with Crippen molar-refractivity contribution in [2.75, 3.05) is 6.54 Å². The fourth-order valence-electron chi connectivity index (χ4n) is 4.55. The summed E-state index contributed by atoms with van der Waals surface area (Å²) in [6, 6.07) is 11.4. The Morgan fingerprint density at radius 3 is 2.66 bits per heavy atom. The first kappa shape index (κ1) is 21.2. The van der Waals surface area contributed by atoms with Crippen molar-refractivity contribution in [2.24, 2.45) is 0 Å². The lowest BCUT2D eigenvalue weighted by Crippen LogP contribution is -2.35. The number of fused-ring (bicyclic) bond motifs is 1. The number of hydrogen-bond donors (Lipinski definition) is 1. The maximum atomic E-state index is 12.8. The first-order valence-electron chi connectivity index (χ1n) is 11.4. The second kappa shape index (κ2) is 9.43. The Morgan fingerprint density at radius 1 is 1.09 bits per heavy atom. The van der Waals surface area contributed by atoms with Gasteiger partial charge in [-0.3, -0.25) is 9.69 Å². The molecule has 7 heteroatoms. The highest BCUT2D eigenvalue weighted by atomic mass is 35.5. The van der Waals surface area contributed by atoms with Gasteiger partial charge in [0.25, 0.3) is 5.56 Å². The van der Waals surface area contributed by atoms with Crippen LogP contribution in [-0.2, 0) is 19.5 Å². The maximum Gasteiger partial charge on any atom is 0.255 e. The van der Waals surface area contributed by atoms with Gasteiger partial charge >= 0.3 is 0 Å². The van der Waals surface area contributed by atoms with Crippen molar-refractivity contribution < 1.29 is 4.74 Å². The fourth-order valence-corrected chi connectivity index (χ4v) is 4.67. The molecular formula is C25H27ClN4O2. The molecule has 1 aliphatic carbocycles. The largest absolute Gasteiger partial charge is 0.474 e. The van der Waals surface area contributed by atoms with E-state index in [1.165, 1.54) is 19.3 Å². The van der Waals surface area contributed by atoms with Crippen molar-refractivity contribution in [1.82, 2.24) is 19.9 Å². The van der Waals surface area contributed by atoms with Crippen molar-refractivity contribution in [1.29, 1.82) is 0 Å². The van der Waals surface area contributed by atoms with Gasteiger partial charge in [0, 0.05) is 48.9 Å². The minimum atomic E-state index is -0.0704. The Kier molecular flexibility index (Phi) is 6.23. The predicted octanol–water partition coefficient (Wildman–Crippen LogP) is 4.76. The molecule has 32 heavy (non-hydrogen) atoms. The number of aromatic nitrogens is 3. The second-order valence-electron chi connectivity index (χ2n) is 8.69. The summed E-state index contributed by atoms with van der Waals surface area (Å²) < 4.78 is 6.03. The smallest absolute Gasteiger partial charge is 0.255 e. The third-order valence-corrected chi connectivity index (χ3v) is 6.56. The van der Waals surface area contributed by atoms with Gasteiger partial charge in [-0.1, -0.05) is 24.1 Å². The van der Waals surface area contributed by atoms with Crippen LogP contribution in [0.1, 0.15) is 48.9 Å². The average molecular weight is 451 g/mol. The topological polar surface area (TPSA) is 71.1 Å². The highest BCUT2D eigenvalue weighted by Crippen LogP contribution is 2.24. The van der Waals surface area contributed by atoms with Crippen LogP contribution in [0.5, 0.6) is 5.88 Å². The molecule has 2 aliphatic rings. The van der Waals surface area contributed by atoms with Crippen LogP contribution in [0.2, 0.25) is 5.02 Å². The zero-order valence-corrected chi connectivity index (χ0v) is 18.8. The molecule has 0 atom stereocenters. The van der Waals surface area contributed by atoms with E-state index in [2.05, 4.69) is 20.9 Å². The van der Waals surface area contributed by atoms with Crippen LogP contribution in [0.15, 0.2) is 47.4 Å². The lowest BCUT2D eigenvalue weighted by Gasteiger charge is -2.27. The molecule has 0 unspecified atom stereocenters. The Balaban J connectivity index is 1.24. The summed E-state index contributed by atoms with van der Waals surface area (Å²) in [5.41, 5.74) is 3.53. The minimum Gasteiger partial charge on any atom is -0.474 e. The predicted molar refractivity (Wildman–Crippen MR) is 125 cm³/mol. The SMILES string of the molecule is O=c1[nH]c(-c2ccc(Cl)cc2)nc2c1CN(Cc1ccc(OC3CCCCC3)nc1)CC2. The van der Waals surface area contributed by atoms with Crippen LogP contribution in [0.3, 0.4) is 0 Å². The van der Waals surface area contributed by atoms with E-state index in [0.717, 1.165) is 54.7 Å². The highest BCUT2D eigenvalue weighted by Gasteiger charge is 2.22. The summed E-state index contributed by atoms with van der Waals surface area (Å²) in [5.74, 6) is 1.30. The van der Waals surface area contributed by atoms with Gasteiger partial charge in [-0.15, -0.1) is 0 Å². The molecule has 0 saturated heterocycles. The summed E-state index contributed by atoms with van der Waals surface area (Å²) >= 11 is 5.97. The average Bonchev–Trinajstić information content (AvgIpc) is 2.82. The maximum absolute atomic E-state index is 12.8. The van der Waals surface area contributed by atoms with Gasteiger partial charge in [0.2, 0.25) is 5.88 Å². The Bertz CT molecular complexity index is 1120. The third-order valence-electron chi connectivity index (χ3n) is 6.31. The number of nitrogens with zero attached hydrogens (tertiary/aromatic N) is 3. The number of H-pyrrole nitrogens is 1. The van der Waals surface area contributed by atoms with Gasteiger partial charge in [-0.25, -0.2) is 9.97 Å². The molecule has 166 valence electrons. The van der Waals surface area contributed by atoms with E-state index in [9.17, 15) is 4.79 Å². The van der Waals surface area contributed by atoms with Crippen LogP contribution in [0, 0.1) is 0 Å². The van der Waals surface area contributed by atoms with E-state index in [1.54, 1.807) is 12.1 Å². The van der Waals surface area contributed by atoms with E-state index in [4.69, 9.17) is 21.3 Å². The van der Waals surface area contributed by atoms with Gasteiger partial charge in [0.05, 0.1) is 11.3 Å². The number of benzene rings is 1. The number of aromatic amines is 1. The summed E-state index contributed by atoms with van der Waals surface area (Å²) in [4.78, 5) is 27.2. The molecule has 0 radical (unpaired) electrons. The van der Waals surface area contributed by atoms with Gasteiger partial charge < -0.3 is 9.72 Å². The normalized spacial score (nSPS) is 17.2. The molecule has 6 nitrogen and oxygen atoms in total. The van der Waals surface area contributed by atoms with E-state index in [-0.39, 0.29) is 5.56 Å².